The molecule has 0 aromatic carbocycles. The number of aromatic nitrogens is 2. The smallest absolute Gasteiger partial charge is 0.0733 e. The Hall–Kier alpha value is -0.830. The van der Waals surface area contributed by atoms with Crippen LogP contribution in [-0.4, -0.2) is 21.0 Å². The van der Waals surface area contributed by atoms with Crippen molar-refractivity contribution < 1.29 is 5.11 Å². The Bertz CT molecular complexity index is 255. The van der Waals surface area contributed by atoms with Crippen LogP contribution in [0.25, 0.3) is 0 Å². The molecule has 0 radical (unpaired) electrons. The maximum Gasteiger partial charge on any atom is 0.0733 e. The summed E-state index contributed by atoms with van der Waals surface area (Å²) in [6.45, 7) is 6.54. The molecule has 12 heavy (non-hydrogen) atoms. The molecule has 0 fully saturated rings. The minimum absolute atomic E-state index is 0.275. The molecule has 0 spiro atoms. The monoisotopic (exact) mass is 168 g/mol. The van der Waals surface area contributed by atoms with Crippen LogP contribution in [0.4, 0.5) is 0 Å². The molecule has 1 aromatic heterocycles. The van der Waals surface area contributed by atoms with Crippen molar-refractivity contribution in [2.45, 2.75) is 39.8 Å². The van der Waals surface area contributed by atoms with E-state index in [1.54, 1.807) is 0 Å². The molecule has 68 valence electrons. The number of hydrogen-bond donors (Lipinski definition) is 1. The summed E-state index contributed by atoms with van der Waals surface area (Å²) in [4.78, 5) is 0. The molecular formula is C9H16N2O. The first-order valence-corrected chi connectivity index (χ1v) is 4.32. The molecule has 1 heterocycles. The fourth-order valence-corrected chi connectivity index (χ4v) is 1.19. The van der Waals surface area contributed by atoms with E-state index in [2.05, 4.69) is 5.10 Å². The molecule has 3 nitrogen and oxygen atoms in total. The van der Waals surface area contributed by atoms with Gasteiger partial charge in [0.05, 0.1) is 18.3 Å². The summed E-state index contributed by atoms with van der Waals surface area (Å²) in [5, 5.41) is 13.6. The molecule has 3 heteroatoms. The van der Waals surface area contributed by atoms with Gasteiger partial charge in [0.15, 0.2) is 0 Å². The van der Waals surface area contributed by atoms with E-state index in [0.717, 1.165) is 17.8 Å². The largest absolute Gasteiger partial charge is 0.391 e. The van der Waals surface area contributed by atoms with Gasteiger partial charge in [-0.15, -0.1) is 0 Å². The molecule has 0 amide bonds. The van der Waals surface area contributed by atoms with E-state index in [0.29, 0.717) is 6.54 Å². The summed E-state index contributed by atoms with van der Waals surface area (Å²) < 4.78 is 1.85. The van der Waals surface area contributed by atoms with Crippen molar-refractivity contribution in [2.75, 3.05) is 0 Å². The maximum atomic E-state index is 9.38. The van der Waals surface area contributed by atoms with Crippen LogP contribution in [0.5, 0.6) is 0 Å². The lowest BCUT2D eigenvalue weighted by Gasteiger charge is -2.08. The van der Waals surface area contributed by atoms with Crippen LogP contribution >= 0.6 is 0 Å². The quantitative estimate of drug-likeness (QED) is 0.738. The van der Waals surface area contributed by atoms with Gasteiger partial charge in [0.1, 0.15) is 0 Å². The van der Waals surface area contributed by atoms with Crippen LogP contribution in [0.3, 0.4) is 0 Å². The zero-order chi connectivity index (χ0) is 9.14. The number of aliphatic hydroxyl groups excluding tert-OH is 1. The molecule has 1 aromatic rings. The van der Waals surface area contributed by atoms with Gasteiger partial charge in [-0.25, -0.2) is 0 Å². The SMILES string of the molecule is CCC(O)Cn1nc(C)cc1C. The van der Waals surface area contributed by atoms with E-state index in [4.69, 9.17) is 0 Å². The molecule has 1 unspecified atom stereocenters. The van der Waals surface area contributed by atoms with E-state index in [-0.39, 0.29) is 6.10 Å². The lowest BCUT2D eigenvalue weighted by atomic mass is 10.3. The first kappa shape index (κ1) is 9.26. The predicted molar refractivity (Wildman–Crippen MR) is 48.0 cm³/mol. The number of aliphatic hydroxyl groups is 1. The lowest BCUT2D eigenvalue weighted by molar-refractivity contribution is 0.144. The third-order valence-electron chi connectivity index (χ3n) is 1.96. The highest BCUT2D eigenvalue weighted by atomic mass is 16.3. The summed E-state index contributed by atoms with van der Waals surface area (Å²) in [6, 6.07) is 2.02. The summed E-state index contributed by atoms with van der Waals surface area (Å²) in [6.07, 6.45) is 0.501. The normalized spacial score (nSPS) is 13.3. The Morgan fingerprint density at radius 2 is 2.25 bits per heavy atom. The van der Waals surface area contributed by atoms with Gasteiger partial charge < -0.3 is 5.11 Å². The second-order valence-corrected chi connectivity index (χ2v) is 3.17. The molecule has 0 aliphatic heterocycles. The van der Waals surface area contributed by atoms with Crippen molar-refractivity contribution in [3.05, 3.63) is 17.5 Å². The Balaban J connectivity index is 2.68. The fraction of sp³-hybridized carbons (Fsp3) is 0.667. The van der Waals surface area contributed by atoms with Crippen molar-refractivity contribution >= 4 is 0 Å². The molecule has 1 atom stereocenters. The van der Waals surface area contributed by atoms with Gasteiger partial charge in [-0.3, -0.25) is 4.68 Å². The van der Waals surface area contributed by atoms with Crippen LogP contribution < -0.4 is 0 Å². The molecule has 0 aliphatic carbocycles. The van der Waals surface area contributed by atoms with E-state index >= 15 is 0 Å². The number of aryl methyl sites for hydroxylation is 2. The molecule has 1 N–H and O–H groups in total. The highest BCUT2D eigenvalue weighted by molar-refractivity contribution is 5.06. The average Bonchev–Trinajstić information content (AvgIpc) is 2.30. The van der Waals surface area contributed by atoms with Crippen molar-refractivity contribution in [2.24, 2.45) is 0 Å². The summed E-state index contributed by atoms with van der Waals surface area (Å²) in [5.41, 5.74) is 2.12. The van der Waals surface area contributed by atoms with Gasteiger partial charge in [-0.1, -0.05) is 6.92 Å². The number of rotatable bonds is 3. The summed E-state index contributed by atoms with van der Waals surface area (Å²) in [5.74, 6) is 0. The van der Waals surface area contributed by atoms with Crippen molar-refractivity contribution in [3.63, 3.8) is 0 Å². The molecular weight excluding hydrogens is 152 g/mol. The van der Waals surface area contributed by atoms with Gasteiger partial charge in [-0.2, -0.15) is 5.10 Å². The highest BCUT2D eigenvalue weighted by Gasteiger charge is 2.05. The third-order valence-corrected chi connectivity index (χ3v) is 1.96. The van der Waals surface area contributed by atoms with Gasteiger partial charge in [0.25, 0.3) is 0 Å². The Kier molecular flexibility index (Phi) is 2.87. The minimum Gasteiger partial charge on any atom is -0.391 e. The second kappa shape index (κ2) is 3.72. The van der Waals surface area contributed by atoms with E-state index < -0.39 is 0 Å². The Morgan fingerprint density at radius 1 is 1.58 bits per heavy atom. The van der Waals surface area contributed by atoms with Crippen LogP contribution in [0.15, 0.2) is 6.07 Å². The van der Waals surface area contributed by atoms with E-state index in [1.165, 1.54) is 0 Å². The van der Waals surface area contributed by atoms with Gasteiger partial charge in [0.2, 0.25) is 0 Å². The highest BCUT2D eigenvalue weighted by Crippen LogP contribution is 2.03. The molecule has 0 bridgehead atoms. The van der Waals surface area contributed by atoms with E-state index in [9.17, 15) is 5.11 Å². The second-order valence-electron chi connectivity index (χ2n) is 3.17. The maximum absolute atomic E-state index is 9.38. The van der Waals surface area contributed by atoms with Gasteiger partial charge in [-0.05, 0) is 26.3 Å². The van der Waals surface area contributed by atoms with Crippen LogP contribution in [0.1, 0.15) is 24.7 Å². The van der Waals surface area contributed by atoms with Crippen molar-refractivity contribution in [1.82, 2.24) is 9.78 Å². The van der Waals surface area contributed by atoms with Gasteiger partial charge in [0, 0.05) is 5.69 Å². The zero-order valence-corrected chi connectivity index (χ0v) is 7.91. The summed E-state index contributed by atoms with van der Waals surface area (Å²) >= 11 is 0. The predicted octanol–water partition coefficient (Wildman–Crippen LogP) is 1.27. The standard InChI is InChI=1S/C9H16N2O/c1-4-9(12)6-11-8(3)5-7(2)10-11/h5,9,12H,4,6H2,1-3H3. The first-order chi connectivity index (χ1) is 5.63. The topological polar surface area (TPSA) is 38.0 Å². The van der Waals surface area contributed by atoms with Crippen LogP contribution in [-0.2, 0) is 6.54 Å². The van der Waals surface area contributed by atoms with Crippen LogP contribution in [0.2, 0.25) is 0 Å². The number of nitrogens with zero attached hydrogens (tertiary/aromatic N) is 2. The lowest BCUT2D eigenvalue weighted by Crippen LogP contribution is -2.16. The molecule has 1 rings (SSSR count). The van der Waals surface area contributed by atoms with Crippen LogP contribution in [0, 0.1) is 13.8 Å². The summed E-state index contributed by atoms with van der Waals surface area (Å²) in [7, 11) is 0. The fourth-order valence-electron chi connectivity index (χ4n) is 1.19. The molecule has 0 saturated heterocycles. The zero-order valence-electron chi connectivity index (χ0n) is 7.91. The molecule has 0 saturated carbocycles. The average molecular weight is 168 g/mol. The Labute approximate surface area is 73.0 Å². The van der Waals surface area contributed by atoms with E-state index in [1.807, 2.05) is 31.5 Å². The third kappa shape index (κ3) is 2.08. The number of hydrogen-bond acceptors (Lipinski definition) is 2. The first-order valence-electron chi connectivity index (χ1n) is 4.32. The van der Waals surface area contributed by atoms with Crippen molar-refractivity contribution in [1.29, 1.82) is 0 Å². The van der Waals surface area contributed by atoms with Crippen molar-refractivity contribution in [3.8, 4) is 0 Å². The molecule has 0 aliphatic rings. The Morgan fingerprint density at radius 3 is 2.67 bits per heavy atom. The minimum atomic E-state index is -0.275. The van der Waals surface area contributed by atoms with Gasteiger partial charge >= 0.3 is 0 Å².